The van der Waals surface area contributed by atoms with Gasteiger partial charge in [-0.25, -0.2) is 9.59 Å². The molecule has 3 amide bonds. The molecule has 0 saturated carbocycles. The topological polar surface area (TPSA) is 114 Å². The van der Waals surface area contributed by atoms with Gasteiger partial charge in [-0.05, 0) is 103 Å². The molecule has 3 unspecified atom stereocenters. The predicted molar refractivity (Wildman–Crippen MR) is 180 cm³/mol. The maximum absolute atomic E-state index is 14.4. The number of nitrogens with zero attached hydrogens (tertiary/aromatic N) is 1. The molecule has 45 heavy (non-hydrogen) atoms. The number of hydrogen-bond acceptors (Lipinski definition) is 7. The van der Waals surface area contributed by atoms with Crippen LogP contribution in [0.25, 0.3) is 0 Å². The Kier molecular flexibility index (Phi) is 14.0. The average Bonchev–Trinajstić information content (AvgIpc) is 2.92. The fraction of sp³-hybridized carbons (Fsp3) is 0.543. The molecule has 0 aromatic heterocycles. The molecule has 0 spiro atoms. The summed E-state index contributed by atoms with van der Waals surface area (Å²) < 4.78 is 11.2. The Morgan fingerprint density at radius 2 is 1.40 bits per heavy atom. The van der Waals surface area contributed by atoms with E-state index in [-0.39, 0.29) is 13.0 Å². The maximum atomic E-state index is 14.4. The van der Waals surface area contributed by atoms with Gasteiger partial charge < -0.3 is 25.0 Å². The van der Waals surface area contributed by atoms with Gasteiger partial charge in [0, 0.05) is 13.0 Å². The minimum Gasteiger partial charge on any atom is -0.458 e. The van der Waals surface area contributed by atoms with E-state index in [0.29, 0.717) is 17.7 Å². The van der Waals surface area contributed by atoms with Gasteiger partial charge in [-0.15, -0.1) is 0 Å². The summed E-state index contributed by atoms with van der Waals surface area (Å²) in [6, 6.07) is 12.0. The van der Waals surface area contributed by atoms with Gasteiger partial charge in [0.2, 0.25) is 11.8 Å². The van der Waals surface area contributed by atoms with Crippen molar-refractivity contribution in [2.45, 2.75) is 104 Å². The third-order valence-corrected chi connectivity index (χ3v) is 7.53. The SMILES string of the molecule is CCN(C(=O)C(CCSC)NC(=O)OC(C)(C)C)C(C(=O)NC(Cc1ccccc1)C(=O)OC(C)(C)C)c1c(C)cccc1C. The molecule has 0 bridgehead atoms. The predicted octanol–water partition coefficient (Wildman–Crippen LogP) is 5.91. The lowest BCUT2D eigenvalue weighted by Gasteiger charge is -2.36. The summed E-state index contributed by atoms with van der Waals surface area (Å²) in [5.41, 5.74) is 1.62. The molecule has 2 aromatic carbocycles. The zero-order valence-electron chi connectivity index (χ0n) is 28.5. The van der Waals surface area contributed by atoms with E-state index in [1.165, 1.54) is 4.90 Å². The fourth-order valence-electron chi connectivity index (χ4n) is 4.96. The molecule has 0 aliphatic heterocycles. The van der Waals surface area contributed by atoms with Crippen molar-refractivity contribution in [3.8, 4) is 0 Å². The van der Waals surface area contributed by atoms with Gasteiger partial charge >= 0.3 is 12.1 Å². The van der Waals surface area contributed by atoms with Crippen molar-refractivity contribution >= 4 is 35.6 Å². The zero-order chi connectivity index (χ0) is 33.9. The Labute approximate surface area is 273 Å². The monoisotopic (exact) mass is 641 g/mol. The van der Waals surface area contributed by atoms with E-state index < -0.39 is 53.2 Å². The number of aryl methyl sites for hydroxylation is 2. The summed E-state index contributed by atoms with van der Waals surface area (Å²) in [6.45, 7) is 16.3. The first kappa shape index (κ1) is 37.7. The van der Waals surface area contributed by atoms with E-state index in [4.69, 9.17) is 9.47 Å². The number of rotatable bonds is 13. The first-order valence-electron chi connectivity index (χ1n) is 15.4. The fourth-order valence-corrected chi connectivity index (χ4v) is 5.43. The molecular formula is C35H51N3O6S. The van der Waals surface area contributed by atoms with E-state index in [2.05, 4.69) is 10.6 Å². The summed E-state index contributed by atoms with van der Waals surface area (Å²) >= 11 is 1.55. The second-order valence-electron chi connectivity index (χ2n) is 13.1. The molecule has 0 radical (unpaired) electrons. The van der Waals surface area contributed by atoms with Crippen LogP contribution < -0.4 is 10.6 Å². The second-order valence-corrected chi connectivity index (χ2v) is 14.1. The molecule has 0 saturated heterocycles. The molecule has 2 N–H and O–H groups in total. The Bertz CT molecular complexity index is 1280. The minimum absolute atomic E-state index is 0.173. The van der Waals surface area contributed by atoms with Gasteiger partial charge in [-0.3, -0.25) is 9.59 Å². The quantitative estimate of drug-likeness (QED) is 0.262. The summed E-state index contributed by atoms with van der Waals surface area (Å²) in [6.07, 6.45) is 1.76. The van der Waals surface area contributed by atoms with E-state index in [0.717, 1.165) is 16.7 Å². The normalized spacial score (nSPS) is 13.6. The van der Waals surface area contributed by atoms with Crippen LogP contribution >= 0.6 is 11.8 Å². The number of carbonyl (C=O) groups excluding carboxylic acids is 4. The van der Waals surface area contributed by atoms with Crippen molar-refractivity contribution in [3.63, 3.8) is 0 Å². The Morgan fingerprint density at radius 3 is 1.91 bits per heavy atom. The van der Waals surface area contributed by atoms with Crippen molar-refractivity contribution in [2.75, 3.05) is 18.6 Å². The van der Waals surface area contributed by atoms with Crippen LogP contribution in [0.2, 0.25) is 0 Å². The number of thioether (sulfide) groups is 1. The largest absolute Gasteiger partial charge is 0.458 e. The first-order chi connectivity index (χ1) is 21.0. The van der Waals surface area contributed by atoms with Gasteiger partial charge in [0.1, 0.15) is 29.3 Å². The lowest BCUT2D eigenvalue weighted by atomic mass is 9.93. The van der Waals surface area contributed by atoms with Crippen LogP contribution in [0.3, 0.4) is 0 Å². The molecule has 10 heteroatoms. The molecule has 0 fully saturated rings. The Hall–Kier alpha value is -3.53. The van der Waals surface area contributed by atoms with Crippen LogP contribution in [-0.4, -0.2) is 70.6 Å². The van der Waals surface area contributed by atoms with E-state index in [1.807, 2.05) is 68.6 Å². The molecule has 2 aromatic rings. The van der Waals surface area contributed by atoms with E-state index >= 15 is 0 Å². The van der Waals surface area contributed by atoms with Gasteiger partial charge in [0.05, 0.1) is 0 Å². The Morgan fingerprint density at radius 1 is 0.822 bits per heavy atom. The van der Waals surface area contributed by atoms with Crippen molar-refractivity contribution in [1.29, 1.82) is 0 Å². The van der Waals surface area contributed by atoms with Crippen LogP contribution in [-0.2, 0) is 30.3 Å². The van der Waals surface area contributed by atoms with Crippen LogP contribution in [0.15, 0.2) is 48.5 Å². The van der Waals surface area contributed by atoms with Crippen molar-refractivity contribution in [1.82, 2.24) is 15.5 Å². The number of carbonyl (C=O) groups is 4. The number of amides is 3. The van der Waals surface area contributed by atoms with Crippen molar-refractivity contribution in [3.05, 3.63) is 70.8 Å². The van der Waals surface area contributed by atoms with Crippen LogP contribution in [0.4, 0.5) is 4.79 Å². The van der Waals surface area contributed by atoms with Crippen LogP contribution in [0.5, 0.6) is 0 Å². The van der Waals surface area contributed by atoms with E-state index in [1.54, 1.807) is 60.2 Å². The number of hydrogen-bond donors (Lipinski definition) is 2. The lowest BCUT2D eigenvalue weighted by Crippen LogP contribution is -2.55. The highest BCUT2D eigenvalue weighted by Crippen LogP contribution is 2.29. The molecule has 9 nitrogen and oxygen atoms in total. The lowest BCUT2D eigenvalue weighted by molar-refractivity contribution is -0.159. The van der Waals surface area contributed by atoms with Crippen molar-refractivity contribution < 1.29 is 28.7 Å². The van der Waals surface area contributed by atoms with E-state index in [9.17, 15) is 19.2 Å². The molecular weight excluding hydrogens is 590 g/mol. The molecule has 0 heterocycles. The molecule has 2 rings (SSSR count). The highest BCUT2D eigenvalue weighted by atomic mass is 32.2. The molecule has 0 aliphatic carbocycles. The van der Waals surface area contributed by atoms with Gasteiger partial charge in [-0.2, -0.15) is 11.8 Å². The van der Waals surface area contributed by atoms with Crippen LogP contribution in [0.1, 0.15) is 83.2 Å². The number of alkyl carbamates (subject to hydrolysis) is 1. The highest BCUT2D eigenvalue weighted by molar-refractivity contribution is 7.98. The summed E-state index contributed by atoms with van der Waals surface area (Å²) in [7, 11) is 0. The molecule has 248 valence electrons. The summed E-state index contributed by atoms with van der Waals surface area (Å²) in [5.74, 6) is -0.909. The van der Waals surface area contributed by atoms with Crippen LogP contribution in [0, 0.1) is 13.8 Å². The maximum Gasteiger partial charge on any atom is 0.408 e. The van der Waals surface area contributed by atoms with Gasteiger partial charge in [0.25, 0.3) is 0 Å². The number of ether oxygens (including phenoxy) is 2. The first-order valence-corrected chi connectivity index (χ1v) is 16.8. The standard InChI is InChI=1S/C35H51N3O6S/c1-11-38(31(40)26(20-21-45-10)37-33(42)44-35(7,8)9)29(28-23(2)16-15-17-24(28)3)30(39)36-27(32(41)43-34(4,5)6)22-25-18-13-12-14-19-25/h12-19,26-27,29H,11,20-22H2,1-10H3,(H,36,39)(H,37,42). The molecule has 3 atom stereocenters. The number of nitrogens with one attached hydrogen (secondary N) is 2. The van der Waals surface area contributed by atoms with Gasteiger partial charge in [0.15, 0.2) is 0 Å². The molecule has 0 aliphatic rings. The zero-order valence-corrected chi connectivity index (χ0v) is 29.3. The third kappa shape index (κ3) is 12.1. The number of benzene rings is 2. The van der Waals surface area contributed by atoms with Crippen molar-refractivity contribution in [2.24, 2.45) is 0 Å². The van der Waals surface area contributed by atoms with Gasteiger partial charge in [-0.1, -0.05) is 48.5 Å². The smallest absolute Gasteiger partial charge is 0.408 e. The third-order valence-electron chi connectivity index (χ3n) is 6.89. The second kappa shape index (κ2) is 16.7. The number of likely N-dealkylation sites (N-methyl/N-ethyl adjacent to an activating group) is 1. The Balaban J connectivity index is 2.58. The highest BCUT2D eigenvalue weighted by Gasteiger charge is 2.38. The summed E-state index contributed by atoms with van der Waals surface area (Å²) in [5, 5.41) is 5.68. The average molecular weight is 642 g/mol. The number of esters is 1. The summed E-state index contributed by atoms with van der Waals surface area (Å²) in [4.78, 5) is 56.5. The minimum atomic E-state index is -1.08.